The second kappa shape index (κ2) is 9.71. The lowest BCUT2D eigenvalue weighted by molar-refractivity contribution is -0.384. The molecule has 0 aromatic heterocycles. The standard InChI is InChI=1S/C19H23ClN4O4S/c1-13(2)7-8-14(3)21-22-18-10-9-17(12-19(18)24(25)26)29(27,28)23-16-6-4-5-15(20)11-16/h4-6,9-13,22-23H,7-8H2,1-3H3. The summed E-state index contributed by atoms with van der Waals surface area (Å²) in [4.78, 5) is 10.6. The van der Waals surface area contributed by atoms with Crippen LogP contribution in [0.15, 0.2) is 52.5 Å². The number of hydrogen-bond donors (Lipinski definition) is 2. The summed E-state index contributed by atoms with van der Waals surface area (Å²) in [6.07, 6.45) is 1.71. The van der Waals surface area contributed by atoms with Crippen LogP contribution in [0.25, 0.3) is 0 Å². The number of nitro benzene ring substituents is 1. The Morgan fingerprint density at radius 1 is 1.24 bits per heavy atom. The first-order valence-corrected chi connectivity index (χ1v) is 10.8. The van der Waals surface area contributed by atoms with Gasteiger partial charge in [0.1, 0.15) is 5.69 Å². The Kier molecular flexibility index (Phi) is 7.58. The van der Waals surface area contributed by atoms with E-state index in [-0.39, 0.29) is 22.0 Å². The summed E-state index contributed by atoms with van der Waals surface area (Å²) in [5.74, 6) is 0.519. The summed E-state index contributed by atoms with van der Waals surface area (Å²) < 4.78 is 27.5. The van der Waals surface area contributed by atoms with Crippen molar-refractivity contribution < 1.29 is 13.3 Å². The molecule has 2 aromatic carbocycles. The van der Waals surface area contributed by atoms with Gasteiger partial charge in [-0.05, 0) is 56.0 Å². The molecule has 0 aliphatic carbocycles. The second-order valence-corrected chi connectivity index (χ2v) is 9.06. The van der Waals surface area contributed by atoms with Crippen molar-refractivity contribution in [3.63, 3.8) is 0 Å². The minimum absolute atomic E-state index is 0.112. The zero-order chi connectivity index (χ0) is 21.6. The van der Waals surface area contributed by atoms with E-state index in [4.69, 9.17) is 11.6 Å². The molecule has 0 aliphatic heterocycles. The number of hydrogen-bond acceptors (Lipinski definition) is 6. The fraction of sp³-hybridized carbons (Fsp3) is 0.316. The fourth-order valence-corrected chi connectivity index (χ4v) is 3.66. The highest BCUT2D eigenvalue weighted by Gasteiger charge is 2.21. The van der Waals surface area contributed by atoms with Crippen LogP contribution in [0.4, 0.5) is 17.1 Å². The molecule has 29 heavy (non-hydrogen) atoms. The maximum Gasteiger partial charge on any atom is 0.295 e. The van der Waals surface area contributed by atoms with Crippen LogP contribution in [0.1, 0.15) is 33.6 Å². The predicted octanol–water partition coefficient (Wildman–Crippen LogP) is 5.27. The number of sulfonamides is 1. The number of nitrogens with one attached hydrogen (secondary N) is 2. The first-order chi connectivity index (χ1) is 13.6. The van der Waals surface area contributed by atoms with Crippen molar-refractivity contribution in [2.24, 2.45) is 11.0 Å². The van der Waals surface area contributed by atoms with Crippen LogP contribution in [-0.4, -0.2) is 19.1 Å². The lowest BCUT2D eigenvalue weighted by Crippen LogP contribution is -2.13. The van der Waals surface area contributed by atoms with Crippen LogP contribution in [-0.2, 0) is 10.0 Å². The number of anilines is 2. The molecular formula is C19H23ClN4O4S. The van der Waals surface area contributed by atoms with Gasteiger partial charge >= 0.3 is 0 Å². The van der Waals surface area contributed by atoms with Gasteiger partial charge in [-0.2, -0.15) is 5.10 Å². The van der Waals surface area contributed by atoms with E-state index < -0.39 is 14.9 Å². The van der Waals surface area contributed by atoms with Crippen molar-refractivity contribution in [2.45, 2.75) is 38.5 Å². The summed E-state index contributed by atoms with van der Waals surface area (Å²) in [5, 5.41) is 16.0. The maximum atomic E-state index is 12.6. The summed E-state index contributed by atoms with van der Waals surface area (Å²) in [7, 11) is -4.03. The monoisotopic (exact) mass is 438 g/mol. The van der Waals surface area contributed by atoms with Crippen LogP contribution in [0, 0.1) is 16.0 Å². The van der Waals surface area contributed by atoms with E-state index in [0.717, 1.165) is 24.6 Å². The molecule has 156 valence electrons. The molecule has 0 spiro atoms. The number of hydrazone groups is 1. The van der Waals surface area contributed by atoms with Gasteiger partial charge in [0.25, 0.3) is 15.7 Å². The smallest absolute Gasteiger partial charge is 0.280 e. The Bertz CT molecular complexity index is 1020. The first kappa shape index (κ1) is 22.6. The minimum atomic E-state index is -4.03. The molecule has 0 aliphatic rings. The summed E-state index contributed by atoms with van der Waals surface area (Å²) in [6.45, 7) is 6.03. The lowest BCUT2D eigenvalue weighted by Gasteiger charge is -2.10. The van der Waals surface area contributed by atoms with Gasteiger partial charge in [-0.15, -0.1) is 0 Å². The molecule has 10 heteroatoms. The Labute approximate surface area is 175 Å². The van der Waals surface area contributed by atoms with Gasteiger partial charge in [-0.3, -0.25) is 20.3 Å². The molecule has 0 saturated heterocycles. The van der Waals surface area contributed by atoms with Crippen molar-refractivity contribution in [1.82, 2.24) is 0 Å². The molecule has 2 aromatic rings. The van der Waals surface area contributed by atoms with E-state index in [2.05, 4.69) is 29.1 Å². The number of nitrogens with zero attached hydrogens (tertiary/aromatic N) is 2. The number of halogens is 1. The molecule has 0 amide bonds. The molecule has 0 heterocycles. The third-order valence-corrected chi connectivity index (χ3v) is 5.62. The van der Waals surface area contributed by atoms with Crippen molar-refractivity contribution in [1.29, 1.82) is 0 Å². The molecule has 0 fully saturated rings. The first-order valence-electron chi connectivity index (χ1n) is 8.94. The molecule has 0 bridgehead atoms. The van der Waals surface area contributed by atoms with E-state index in [1.165, 1.54) is 24.3 Å². The van der Waals surface area contributed by atoms with Crippen molar-refractivity contribution in [2.75, 3.05) is 10.1 Å². The SMILES string of the molecule is CC(CCC(C)C)=NNc1ccc(S(=O)(=O)Nc2cccc(Cl)c2)cc1[N+](=O)[O-]. The Morgan fingerprint density at radius 2 is 1.97 bits per heavy atom. The summed E-state index contributed by atoms with van der Waals surface area (Å²) in [6, 6.07) is 9.77. The van der Waals surface area contributed by atoms with Crippen LogP contribution in [0.5, 0.6) is 0 Å². The Balaban J connectivity index is 2.26. The van der Waals surface area contributed by atoms with E-state index in [0.29, 0.717) is 10.9 Å². The average Bonchev–Trinajstić information content (AvgIpc) is 2.64. The van der Waals surface area contributed by atoms with Crippen molar-refractivity contribution >= 4 is 44.4 Å². The largest absolute Gasteiger partial charge is 0.295 e. The Hall–Kier alpha value is -2.65. The van der Waals surface area contributed by atoms with E-state index in [1.54, 1.807) is 12.1 Å². The number of rotatable bonds is 9. The highest BCUT2D eigenvalue weighted by atomic mass is 35.5. The maximum absolute atomic E-state index is 12.6. The van der Waals surface area contributed by atoms with Crippen molar-refractivity contribution in [3.05, 3.63) is 57.6 Å². The molecule has 0 unspecified atom stereocenters. The summed E-state index contributed by atoms with van der Waals surface area (Å²) >= 11 is 5.86. The van der Waals surface area contributed by atoms with Crippen LogP contribution < -0.4 is 10.1 Å². The predicted molar refractivity (Wildman–Crippen MR) is 116 cm³/mol. The zero-order valence-corrected chi connectivity index (χ0v) is 17.9. The molecule has 0 atom stereocenters. The highest BCUT2D eigenvalue weighted by molar-refractivity contribution is 7.92. The molecule has 2 rings (SSSR count). The van der Waals surface area contributed by atoms with Gasteiger partial charge in [0.05, 0.1) is 15.5 Å². The van der Waals surface area contributed by atoms with Gasteiger partial charge in [0.2, 0.25) is 0 Å². The summed E-state index contributed by atoms with van der Waals surface area (Å²) in [5.41, 5.74) is 3.45. The van der Waals surface area contributed by atoms with E-state index >= 15 is 0 Å². The zero-order valence-electron chi connectivity index (χ0n) is 16.3. The number of nitro groups is 1. The Morgan fingerprint density at radius 3 is 2.59 bits per heavy atom. The molecule has 2 N–H and O–H groups in total. The van der Waals surface area contributed by atoms with Gasteiger partial charge in [-0.25, -0.2) is 8.42 Å². The van der Waals surface area contributed by atoms with Crippen LogP contribution in [0.3, 0.4) is 0 Å². The molecule has 0 saturated carbocycles. The molecule has 0 radical (unpaired) electrons. The van der Waals surface area contributed by atoms with Gasteiger partial charge in [0.15, 0.2) is 0 Å². The lowest BCUT2D eigenvalue weighted by atomic mass is 10.1. The van der Waals surface area contributed by atoms with E-state index in [1.807, 2.05) is 6.92 Å². The topological polar surface area (TPSA) is 114 Å². The van der Waals surface area contributed by atoms with Crippen molar-refractivity contribution in [3.8, 4) is 0 Å². The van der Waals surface area contributed by atoms with Gasteiger partial charge in [-0.1, -0.05) is 31.5 Å². The highest BCUT2D eigenvalue weighted by Crippen LogP contribution is 2.29. The minimum Gasteiger partial charge on any atom is -0.280 e. The van der Waals surface area contributed by atoms with Gasteiger partial charge < -0.3 is 0 Å². The third kappa shape index (κ3) is 6.72. The van der Waals surface area contributed by atoms with Crippen LogP contribution >= 0.6 is 11.6 Å². The quantitative estimate of drug-likeness (QED) is 0.314. The second-order valence-electron chi connectivity index (χ2n) is 6.94. The molecular weight excluding hydrogens is 416 g/mol. The number of benzene rings is 2. The van der Waals surface area contributed by atoms with Gasteiger partial charge in [0, 0.05) is 16.8 Å². The third-order valence-electron chi connectivity index (χ3n) is 4.00. The average molecular weight is 439 g/mol. The fourth-order valence-electron chi connectivity index (χ4n) is 2.40. The van der Waals surface area contributed by atoms with Crippen LogP contribution in [0.2, 0.25) is 5.02 Å². The molecule has 8 nitrogen and oxygen atoms in total. The normalized spacial score (nSPS) is 12.1. The van der Waals surface area contributed by atoms with E-state index in [9.17, 15) is 18.5 Å².